The largest absolute Gasteiger partial charge is 0.468 e. The van der Waals surface area contributed by atoms with Gasteiger partial charge in [-0.2, -0.15) is 0 Å². The number of ether oxygens (including phenoxy) is 1. The summed E-state index contributed by atoms with van der Waals surface area (Å²) in [4.78, 5) is 11.7. The van der Waals surface area contributed by atoms with Gasteiger partial charge in [0.05, 0.1) is 7.11 Å². The van der Waals surface area contributed by atoms with Crippen molar-refractivity contribution >= 4 is 5.97 Å². The van der Waals surface area contributed by atoms with Gasteiger partial charge in [0.15, 0.2) is 0 Å². The monoisotopic (exact) mass is 219 g/mol. The van der Waals surface area contributed by atoms with E-state index < -0.39 is 0 Å². The first-order valence-electron chi connectivity index (χ1n) is 5.47. The highest BCUT2D eigenvalue weighted by molar-refractivity contribution is 5.78. The van der Waals surface area contributed by atoms with Crippen molar-refractivity contribution in [1.82, 2.24) is 5.32 Å². The Bertz CT molecular complexity index is 412. The van der Waals surface area contributed by atoms with Crippen LogP contribution in [0.25, 0.3) is 0 Å². The van der Waals surface area contributed by atoms with E-state index in [9.17, 15) is 4.79 Å². The lowest BCUT2D eigenvalue weighted by atomic mass is 9.84. The second-order valence-electron chi connectivity index (χ2n) is 4.86. The summed E-state index contributed by atoms with van der Waals surface area (Å²) in [7, 11) is 1.42. The molecule has 1 aliphatic heterocycles. The second-order valence-corrected chi connectivity index (χ2v) is 4.86. The second kappa shape index (κ2) is 3.91. The summed E-state index contributed by atoms with van der Waals surface area (Å²) in [5.74, 6) is -0.222. The van der Waals surface area contributed by atoms with E-state index >= 15 is 0 Å². The van der Waals surface area contributed by atoms with Gasteiger partial charge < -0.3 is 4.74 Å². The summed E-state index contributed by atoms with van der Waals surface area (Å²) in [6.07, 6.45) is 0.927. The molecule has 0 spiro atoms. The first-order valence-corrected chi connectivity index (χ1v) is 5.47. The fraction of sp³-hybridized carbons (Fsp3) is 0.462. The van der Waals surface area contributed by atoms with Gasteiger partial charge in [0.2, 0.25) is 0 Å². The third kappa shape index (κ3) is 1.95. The van der Waals surface area contributed by atoms with E-state index in [1.165, 1.54) is 12.7 Å². The average Bonchev–Trinajstić information content (AvgIpc) is 2.25. The maximum atomic E-state index is 11.7. The van der Waals surface area contributed by atoms with Gasteiger partial charge >= 0.3 is 5.97 Å². The maximum absolute atomic E-state index is 11.7. The van der Waals surface area contributed by atoms with Crippen LogP contribution in [0.5, 0.6) is 0 Å². The molecule has 0 aromatic heterocycles. The predicted octanol–water partition coefficient (Wildman–Crippen LogP) is 1.82. The number of carbonyl (C=O) groups excluding carboxylic acids is 1. The molecule has 1 N–H and O–H groups in total. The number of hydrogen-bond acceptors (Lipinski definition) is 3. The van der Waals surface area contributed by atoms with E-state index in [1.807, 2.05) is 18.2 Å². The van der Waals surface area contributed by atoms with Crippen LogP contribution < -0.4 is 5.32 Å². The molecule has 0 radical (unpaired) electrons. The molecular formula is C13H17NO2. The topological polar surface area (TPSA) is 38.3 Å². The van der Waals surface area contributed by atoms with Gasteiger partial charge in [0, 0.05) is 5.54 Å². The van der Waals surface area contributed by atoms with Crippen LogP contribution in [0.2, 0.25) is 0 Å². The highest BCUT2D eigenvalue weighted by atomic mass is 16.5. The Kier molecular flexibility index (Phi) is 2.72. The Morgan fingerprint density at radius 1 is 1.44 bits per heavy atom. The van der Waals surface area contributed by atoms with Gasteiger partial charge in [0.1, 0.15) is 6.04 Å². The first-order chi connectivity index (χ1) is 7.53. The van der Waals surface area contributed by atoms with Crippen molar-refractivity contribution in [3.8, 4) is 0 Å². The van der Waals surface area contributed by atoms with Crippen molar-refractivity contribution in [3.05, 3.63) is 35.4 Å². The third-order valence-corrected chi connectivity index (χ3v) is 2.97. The van der Waals surface area contributed by atoms with Crippen LogP contribution in [0, 0.1) is 0 Å². The van der Waals surface area contributed by atoms with Crippen molar-refractivity contribution in [2.75, 3.05) is 7.11 Å². The van der Waals surface area contributed by atoms with E-state index in [0.717, 1.165) is 12.0 Å². The van der Waals surface area contributed by atoms with Crippen LogP contribution in [0.3, 0.4) is 0 Å². The van der Waals surface area contributed by atoms with Gasteiger partial charge in [0.25, 0.3) is 0 Å². The lowest BCUT2D eigenvalue weighted by molar-refractivity contribution is -0.144. The molecule has 86 valence electrons. The molecule has 1 heterocycles. The van der Waals surface area contributed by atoms with Crippen LogP contribution >= 0.6 is 0 Å². The van der Waals surface area contributed by atoms with Crippen LogP contribution in [0.4, 0.5) is 0 Å². The van der Waals surface area contributed by atoms with E-state index in [-0.39, 0.29) is 17.6 Å². The zero-order valence-corrected chi connectivity index (χ0v) is 9.91. The Balaban J connectivity index is 2.43. The summed E-state index contributed by atoms with van der Waals surface area (Å²) < 4.78 is 4.84. The van der Waals surface area contributed by atoms with E-state index in [1.54, 1.807) is 0 Å². The molecule has 0 fully saturated rings. The van der Waals surface area contributed by atoms with Crippen LogP contribution in [-0.4, -0.2) is 18.6 Å². The maximum Gasteiger partial charge on any atom is 0.327 e. The molecule has 0 saturated carbocycles. The van der Waals surface area contributed by atoms with E-state index in [4.69, 9.17) is 4.74 Å². The molecule has 1 atom stereocenters. The highest BCUT2D eigenvalue weighted by Gasteiger charge is 2.35. The summed E-state index contributed by atoms with van der Waals surface area (Å²) in [5.41, 5.74) is 2.18. The summed E-state index contributed by atoms with van der Waals surface area (Å²) in [6, 6.07) is 7.68. The number of fused-ring (bicyclic) bond motifs is 1. The summed E-state index contributed by atoms with van der Waals surface area (Å²) >= 11 is 0. The van der Waals surface area contributed by atoms with Crippen molar-refractivity contribution in [3.63, 3.8) is 0 Å². The molecule has 3 nitrogen and oxygen atoms in total. The fourth-order valence-electron chi connectivity index (χ4n) is 2.28. The van der Waals surface area contributed by atoms with Crippen LogP contribution in [0.15, 0.2) is 24.3 Å². The Labute approximate surface area is 95.8 Å². The predicted molar refractivity (Wildman–Crippen MR) is 62.1 cm³/mol. The van der Waals surface area contributed by atoms with E-state index in [0.29, 0.717) is 0 Å². The lowest BCUT2D eigenvalue weighted by Crippen LogP contribution is -2.50. The van der Waals surface area contributed by atoms with Crippen molar-refractivity contribution in [2.45, 2.75) is 31.8 Å². The molecule has 0 bridgehead atoms. The van der Waals surface area contributed by atoms with Crippen molar-refractivity contribution in [1.29, 1.82) is 0 Å². The number of benzene rings is 1. The molecule has 16 heavy (non-hydrogen) atoms. The van der Waals surface area contributed by atoms with Crippen LogP contribution in [-0.2, 0) is 16.0 Å². The minimum atomic E-state index is -0.343. The molecule has 0 aliphatic carbocycles. The summed E-state index contributed by atoms with van der Waals surface area (Å²) in [6.45, 7) is 4.19. The minimum absolute atomic E-state index is 0.0762. The van der Waals surface area contributed by atoms with Crippen molar-refractivity contribution in [2.24, 2.45) is 0 Å². The van der Waals surface area contributed by atoms with Gasteiger partial charge in [-0.3, -0.25) is 5.32 Å². The van der Waals surface area contributed by atoms with Gasteiger partial charge in [-0.25, -0.2) is 4.79 Å². The molecule has 2 rings (SSSR count). The summed E-state index contributed by atoms with van der Waals surface area (Å²) in [5, 5.41) is 3.33. The molecule has 1 aliphatic rings. The van der Waals surface area contributed by atoms with Gasteiger partial charge in [-0.05, 0) is 31.4 Å². The first kappa shape index (κ1) is 11.1. The number of rotatable bonds is 1. The zero-order chi connectivity index (χ0) is 11.8. The molecule has 0 saturated heterocycles. The fourth-order valence-corrected chi connectivity index (χ4v) is 2.28. The van der Waals surface area contributed by atoms with Gasteiger partial charge in [-0.1, -0.05) is 24.3 Å². The molecule has 0 amide bonds. The standard InChI is InChI=1S/C13H17NO2/c1-13(2)8-9-6-4-5-7-10(9)11(14-13)12(15)16-3/h4-7,11,14H,8H2,1-3H3. The average molecular weight is 219 g/mol. The molecule has 1 aromatic carbocycles. The Morgan fingerprint density at radius 3 is 2.81 bits per heavy atom. The highest BCUT2D eigenvalue weighted by Crippen LogP contribution is 2.30. The minimum Gasteiger partial charge on any atom is -0.468 e. The van der Waals surface area contributed by atoms with Gasteiger partial charge in [-0.15, -0.1) is 0 Å². The smallest absolute Gasteiger partial charge is 0.327 e. The zero-order valence-electron chi connectivity index (χ0n) is 9.91. The molecule has 1 aromatic rings. The number of esters is 1. The van der Waals surface area contributed by atoms with Crippen LogP contribution in [0.1, 0.15) is 31.0 Å². The third-order valence-electron chi connectivity index (χ3n) is 2.97. The van der Waals surface area contributed by atoms with E-state index in [2.05, 4.69) is 25.2 Å². The Hall–Kier alpha value is -1.35. The Morgan fingerprint density at radius 2 is 2.12 bits per heavy atom. The lowest BCUT2D eigenvalue weighted by Gasteiger charge is -2.37. The SMILES string of the molecule is COC(=O)C1NC(C)(C)Cc2ccccc21. The van der Waals surface area contributed by atoms with Crippen molar-refractivity contribution < 1.29 is 9.53 Å². The number of nitrogens with one attached hydrogen (secondary N) is 1. The molecular weight excluding hydrogens is 202 g/mol. The molecule has 1 unspecified atom stereocenters. The molecule has 3 heteroatoms. The normalized spacial score (nSPS) is 22.3. The number of carbonyl (C=O) groups is 1. The number of methoxy groups -OCH3 is 1. The quantitative estimate of drug-likeness (QED) is 0.732. The number of hydrogen-bond donors (Lipinski definition) is 1.